The lowest BCUT2D eigenvalue weighted by Gasteiger charge is -2.24. The summed E-state index contributed by atoms with van der Waals surface area (Å²) in [5.41, 5.74) is -0.593. The molecule has 1 N–H and O–H groups in total. The third-order valence-electron chi connectivity index (χ3n) is 6.43. The van der Waals surface area contributed by atoms with E-state index in [-0.39, 0.29) is 11.5 Å². The second-order valence-corrected chi connectivity index (χ2v) is 9.99. The van der Waals surface area contributed by atoms with Crippen molar-refractivity contribution in [3.63, 3.8) is 0 Å². The number of carboxylic acids is 1. The number of hydrogen-bond donors (Lipinski definition) is 1. The van der Waals surface area contributed by atoms with Crippen LogP contribution in [-0.2, 0) is 11.0 Å². The molecular weight excluding hydrogens is 554 g/mol. The number of nitrogens with zero attached hydrogens (tertiary/aromatic N) is 2. The lowest BCUT2D eigenvalue weighted by molar-refractivity contribution is -0.152. The summed E-state index contributed by atoms with van der Waals surface area (Å²) in [6, 6.07) is 13.8. The Hall–Kier alpha value is -4.22. The van der Waals surface area contributed by atoms with Gasteiger partial charge in [-0.2, -0.15) is 31.4 Å². The van der Waals surface area contributed by atoms with E-state index in [1.165, 1.54) is 49.0 Å². The largest absolute Gasteiger partial charge is 0.486 e. The van der Waals surface area contributed by atoms with E-state index >= 15 is 0 Å². The van der Waals surface area contributed by atoms with Crippen molar-refractivity contribution in [2.45, 2.75) is 57.7 Å². The fraction of sp³-hybridized carbons (Fsp3) is 0.310. The fourth-order valence-corrected chi connectivity index (χ4v) is 4.22. The summed E-state index contributed by atoms with van der Waals surface area (Å²) in [5, 5.41) is 14.1. The third kappa shape index (κ3) is 6.93. The Labute approximate surface area is 231 Å². The van der Waals surface area contributed by atoms with E-state index < -0.39 is 48.4 Å². The Morgan fingerprint density at radius 3 is 2.27 bits per heavy atom. The zero-order valence-electron chi connectivity index (χ0n) is 22.2. The van der Waals surface area contributed by atoms with Gasteiger partial charge in [0.05, 0.1) is 23.0 Å². The minimum atomic E-state index is -4.50. The minimum Gasteiger partial charge on any atom is -0.486 e. The second kappa shape index (κ2) is 11.0. The van der Waals surface area contributed by atoms with E-state index in [4.69, 9.17) is 9.47 Å². The average Bonchev–Trinajstić information content (AvgIpc) is 3.31. The number of carbonyl (C=O) groups is 1. The third-order valence-corrected chi connectivity index (χ3v) is 6.43. The highest BCUT2D eigenvalue weighted by Gasteiger charge is 2.32. The SMILES string of the molecule is Cc1cc(OC(CCC(F)(F)F)c2cccc3c2cnn3-c2ccc(C(F)(F)F)cc2)ccc1OC(C)(C)C(=O)O. The smallest absolute Gasteiger partial charge is 0.416 e. The van der Waals surface area contributed by atoms with Gasteiger partial charge in [0.2, 0.25) is 0 Å². The van der Waals surface area contributed by atoms with E-state index in [0.29, 0.717) is 27.7 Å². The van der Waals surface area contributed by atoms with Gasteiger partial charge in [0, 0.05) is 17.4 Å². The summed E-state index contributed by atoms with van der Waals surface area (Å²) in [5.74, 6) is -0.659. The van der Waals surface area contributed by atoms with Crippen molar-refractivity contribution in [2.75, 3.05) is 0 Å². The molecular formula is C29H26F6N2O4. The van der Waals surface area contributed by atoms with Gasteiger partial charge in [-0.25, -0.2) is 9.48 Å². The summed E-state index contributed by atoms with van der Waals surface area (Å²) in [6.45, 7) is 4.43. The molecule has 0 radical (unpaired) electrons. The van der Waals surface area contributed by atoms with Gasteiger partial charge in [-0.1, -0.05) is 12.1 Å². The predicted octanol–water partition coefficient (Wildman–Crippen LogP) is 8.06. The van der Waals surface area contributed by atoms with Gasteiger partial charge >= 0.3 is 18.3 Å². The van der Waals surface area contributed by atoms with Crippen molar-refractivity contribution < 1.29 is 45.7 Å². The van der Waals surface area contributed by atoms with Crippen LogP contribution >= 0.6 is 0 Å². The first-order valence-electron chi connectivity index (χ1n) is 12.5. The quantitative estimate of drug-likeness (QED) is 0.203. The van der Waals surface area contributed by atoms with Crippen LogP contribution in [0.1, 0.15) is 49.5 Å². The van der Waals surface area contributed by atoms with Gasteiger partial charge in [0.1, 0.15) is 17.6 Å². The molecule has 3 aromatic carbocycles. The zero-order chi connectivity index (χ0) is 30.2. The van der Waals surface area contributed by atoms with Crippen molar-refractivity contribution in [3.8, 4) is 17.2 Å². The number of carboxylic acid groups (broad SMARTS) is 1. The van der Waals surface area contributed by atoms with Crippen LogP contribution in [0.4, 0.5) is 26.3 Å². The van der Waals surface area contributed by atoms with Gasteiger partial charge in [-0.15, -0.1) is 0 Å². The maximum absolute atomic E-state index is 13.2. The van der Waals surface area contributed by atoms with Crippen molar-refractivity contribution in [1.82, 2.24) is 9.78 Å². The van der Waals surface area contributed by atoms with E-state index in [0.717, 1.165) is 12.1 Å². The Bertz CT molecular complexity index is 1540. The molecule has 0 bridgehead atoms. The van der Waals surface area contributed by atoms with Crippen LogP contribution in [0, 0.1) is 6.92 Å². The molecule has 0 aliphatic carbocycles. The number of aromatic nitrogens is 2. The number of benzene rings is 3. The van der Waals surface area contributed by atoms with Crippen LogP contribution in [0.15, 0.2) is 66.9 Å². The molecule has 4 rings (SSSR count). The van der Waals surface area contributed by atoms with Gasteiger partial charge in [-0.05, 0) is 81.3 Å². The van der Waals surface area contributed by atoms with Crippen LogP contribution in [0.5, 0.6) is 11.5 Å². The first-order chi connectivity index (χ1) is 19.0. The molecule has 4 aromatic rings. The molecule has 1 unspecified atom stereocenters. The van der Waals surface area contributed by atoms with Crippen LogP contribution in [0.3, 0.4) is 0 Å². The van der Waals surface area contributed by atoms with Crippen LogP contribution in [-0.4, -0.2) is 32.6 Å². The lowest BCUT2D eigenvalue weighted by Crippen LogP contribution is -2.38. The molecule has 1 aromatic heterocycles. The lowest BCUT2D eigenvalue weighted by atomic mass is 10.0. The summed E-state index contributed by atoms with van der Waals surface area (Å²) in [7, 11) is 0. The highest BCUT2D eigenvalue weighted by Crippen LogP contribution is 2.37. The molecule has 6 nitrogen and oxygen atoms in total. The normalized spacial score (nSPS) is 13.3. The number of fused-ring (bicyclic) bond motifs is 1. The highest BCUT2D eigenvalue weighted by atomic mass is 19.4. The standard InChI is InChI=1S/C29H26F6N2O4/c1-17-15-20(11-12-24(17)41-27(2,3)26(38)39)40-25(13-14-28(30,31)32)21-5-4-6-23-22(21)16-36-37(23)19-9-7-18(8-10-19)29(33,34)35/h4-12,15-16,25H,13-14H2,1-3H3,(H,38,39). The van der Waals surface area contributed by atoms with Crippen molar-refractivity contribution in [1.29, 1.82) is 0 Å². The summed E-state index contributed by atoms with van der Waals surface area (Å²) in [6.07, 6.45) is -10.1. The summed E-state index contributed by atoms with van der Waals surface area (Å²) < 4.78 is 91.8. The Morgan fingerprint density at radius 2 is 1.68 bits per heavy atom. The molecule has 1 heterocycles. The molecule has 0 aliphatic rings. The number of alkyl halides is 6. The number of ether oxygens (including phenoxy) is 2. The molecule has 41 heavy (non-hydrogen) atoms. The van der Waals surface area contributed by atoms with E-state index in [1.54, 1.807) is 31.2 Å². The number of aryl methyl sites for hydroxylation is 1. The van der Waals surface area contributed by atoms with Crippen LogP contribution < -0.4 is 9.47 Å². The van der Waals surface area contributed by atoms with Crippen LogP contribution in [0.25, 0.3) is 16.6 Å². The number of halogens is 6. The van der Waals surface area contributed by atoms with Gasteiger partial charge in [0.25, 0.3) is 0 Å². The first-order valence-corrected chi connectivity index (χ1v) is 12.5. The van der Waals surface area contributed by atoms with Crippen molar-refractivity contribution in [2.24, 2.45) is 0 Å². The van der Waals surface area contributed by atoms with Gasteiger partial charge in [-0.3, -0.25) is 0 Å². The zero-order valence-corrected chi connectivity index (χ0v) is 22.2. The maximum Gasteiger partial charge on any atom is 0.416 e. The molecule has 0 spiro atoms. The average molecular weight is 581 g/mol. The molecule has 1 atom stereocenters. The van der Waals surface area contributed by atoms with Crippen LogP contribution in [0.2, 0.25) is 0 Å². The van der Waals surface area contributed by atoms with E-state index in [2.05, 4.69) is 5.10 Å². The molecule has 0 saturated heterocycles. The summed E-state index contributed by atoms with van der Waals surface area (Å²) in [4.78, 5) is 11.4. The van der Waals surface area contributed by atoms with Gasteiger partial charge < -0.3 is 14.6 Å². The Morgan fingerprint density at radius 1 is 1.00 bits per heavy atom. The highest BCUT2D eigenvalue weighted by molar-refractivity contribution is 5.84. The molecule has 12 heteroatoms. The second-order valence-electron chi connectivity index (χ2n) is 9.99. The molecule has 0 saturated carbocycles. The Kier molecular flexibility index (Phi) is 7.97. The topological polar surface area (TPSA) is 73.6 Å². The first kappa shape index (κ1) is 29.8. The number of aliphatic carboxylic acids is 1. The van der Waals surface area contributed by atoms with Crippen molar-refractivity contribution in [3.05, 3.63) is 83.6 Å². The fourth-order valence-electron chi connectivity index (χ4n) is 4.22. The minimum absolute atomic E-state index is 0.238. The van der Waals surface area contributed by atoms with E-state index in [1.807, 2.05) is 0 Å². The number of hydrogen-bond acceptors (Lipinski definition) is 4. The molecule has 0 amide bonds. The van der Waals surface area contributed by atoms with Gasteiger partial charge in [0.15, 0.2) is 5.60 Å². The predicted molar refractivity (Wildman–Crippen MR) is 138 cm³/mol. The van der Waals surface area contributed by atoms with Crippen molar-refractivity contribution >= 4 is 16.9 Å². The Balaban J connectivity index is 1.68. The van der Waals surface area contributed by atoms with E-state index in [9.17, 15) is 36.2 Å². The monoisotopic (exact) mass is 580 g/mol. The number of rotatable bonds is 9. The maximum atomic E-state index is 13.2. The summed E-state index contributed by atoms with van der Waals surface area (Å²) >= 11 is 0. The molecule has 218 valence electrons. The molecule has 0 fully saturated rings. The molecule has 0 aliphatic heterocycles.